The fourth-order valence-corrected chi connectivity index (χ4v) is 5.50. The Morgan fingerprint density at radius 2 is 1.72 bits per heavy atom. The standard InChI is InChI=1S/C31H26FN7/c1-18(19-4-2-3-5-19)35-23-12-21(14-33-15-23)26-10-11-27-30(37-26)31(39-38-27)28-13-24-25(16-34-17-29(24)36-28)20-6-8-22(32)9-7-20/h6-17,19,35-36H,1-5H2,(H,38,39). The Morgan fingerprint density at radius 3 is 2.56 bits per heavy atom. The first-order chi connectivity index (χ1) is 19.1. The van der Waals surface area contributed by atoms with Crippen molar-refractivity contribution in [2.45, 2.75) is 25.7 Å². The molecule has 1 aliphatic carbocycles. The minimum absolute atomic E-state index is 0.270. The summed E-state index contributed by atoms with van der Waals surface area (Å²) < 4.78 is 13.5. The molecule has 0 bridgehead atoms. The van der Waals surface area contributed by atoms with Crippen molar-refractivity contribution in [3.8, 4) is 33.8 Å². The Balaban J connectivity index is 1.24. The van der Waals surface area contributed by atoms with E-state index in [4.69, 9.17) is 4.98 Å². The lowest BCUT2D eigenvalue weighted by Gasteiger charge is -2.15. The van der Waals surface area contributed by atoms with E-state index in [1.165, 1.54) is 37.8 Å². The molecule has 1 aliphatic rings. The summed E-state index contributed by atoms with van der Waals surface area (Å²) in [5.74, 6) is 0.250. The number of nitrogens with one attached hydrogen (secondary N) is 3. The number of benzene rings is 1. The van der Waals surface area contributed by atoms with Crippen molar-refractivity contribution in [1.29, 1.82) is 0 Å². The zero-order chi connectivity index (χ0) is 26.3. The molecule has 8 heteroatoms. The van der Waals surface area contributed by atoms with Crippen LogP contribution in [0.4, 0.5) is 10.1 Å². The fraction of sp³-hybridized carbons (Fsp3) is 0.161. The van der Waals surface area contributed by atoms with Crippen LogP contribution < -0.4 is 5.32 Å². The molecule has 0 saturated heterocycles. The maximum absolute atomic E-state index is 13.5. The largest absolute Gasteiger partial charge is 0.358 e. The van der Waals surface area contributed by atoms with Gasteiger partial charge in [-0.1, -0.05) is 31.6 Å². The maximum Gasteiger partial charge on any atom is 0.135 e. The van der Waals surface area contributed by atoms with E-state index in [0.717, 1.165) is 61.4 Å². The number of anilines is 1. The molecule has 5 heterocycles. The molecule has 1 saturated carbocycles. The Bertz CT molecular complexity index is 1830. The van der Waals surface area contributed by atoms with Gasteiger partial charge in [-0.05, 0) is 60.7 Å². The molecule has 0 atom stereocenters. The first-order valence-corrected chi connectivity index (χ1v) is 13.1. The number of aromatic amines is 2. The van der Waals surface area contributed by atoms with Gasteiger partial charge in [0.15, 0.2) is 0 Å². The third-order valence-electron chi connectivity index (χ3n) is 7.55. The van der Waals surface area contributed by atoms with Gasteiger partial charge in [0.1, 0.15) is 17.0 Å². The lowest BCUT2D eigenvalue weighted by Crippen LogP contribution is -2.07. The first kappa shape index (κ1) is 23.3. The normalized spacial score (nSPS) is 13.9. The zero-order valence-electron chi connectivity index (χ0n) is 21.2. The molecule has 192 valence electrons. The van der Waals surface area contributed by atoms with Gasteiger partial charge in [-0.3, -0.25) is 15.1 Å². The minimum Gasteiger partial charge on any atom is -0.358 e. The van der Waals surface area contributed by atoms with E-state index in [2.05, 4.69) is 43.1 Å². The van der Waals surface area contributed by atoms with Crippen LogP contribution in [0, 0.1) is 11.7 Å². The number of aromatic nitrogens is 6. The summed E-state index contributed by atoms with van der Waals surface area (Å²) in [5.41, 5.74) is 9.47. The molecule has 0 spiro atoms. The van der Waals surface area contributed by atoms with Crippen LogP contribution in [0.1, 0.15) is 25.7 Å². The van der Waals surface area contributed by atoms with Crippen molar-refractivity contribution in [1.82, 2.24) is 30.1 Å². The first-order valence-electron chi connectivity index (χ1n) is 13.1. The number of allylic oxidation sites excluding steroid dienone is 1. The molecular weight excluding hydrogens is 489 g/mol. The Hall–Kier alpha value is -4.85. The van der Waals surface area contributed by atoms with Gasteiger partial charge in [-0.2, -0.15) is 5.10 Å². The number of pyridine rings is 3. The molecule has 0 radical (unpaired) electrons. The Morgan fingerprint density at radius 1 is 0.897 bits per heavy atom. The SMILES string of the molecule is C=C(Nc1cncc(-c2ccc3[nH]nc(-c4cc5c(-c6ccc(F)cc6)cncc5[nH]4)c3n2)c1)C1CCCC1. The number of nitrogens with zero attached hydrogens (tertiary/aromatic N) is 4. The van der Waals surface area contributed by atoms with E-state index < -0.39 is 0 Å². The van der Waals surface area contributed by atoms with E-state index in [1.807, 2.05) is 30.6 Å². The van der Waals surface area contributed by atoms with Crippen LogP contribution in [0.15, 0.2) is 85.6 Å². The molecule has 1 aromatic carbocycles. The quantitative estimate of drug-likeness (QED) is 0.214. The zero-order valence-corrected chi connectivity index (χ0v) is 21.2. The second-order valence-electron chi connectivity index (χ2n) is 10.1. The lowest BCUT2D eigenvalue weighted by molar-refractivity contribution is 0.628. The van der Waals surface area contributed by atoms with Gasteiger partial charge in [-0.15, -0.1) is 0 Å². The predicted octanol–water partition coefficient (Wildman–Crippen LogP) is 7.49. The second-order valence-corrected chi connectivity index (χ2v) is 10.1. The van der Waals surface area contributed by atoms with Gasteiger partial charge in [0.2, 0.25) is 0 Å². The number of fused-ring (bicyclic) bond motifs is 2. The summed E-state index contributed by atoms with van der Waals surface area (Å²) in [6.45, 7) is 4.27. The Labute approximate surface area is 224 Å². The highest BCUT2D eigenvalue weighted by Gasteiger charge is 2.19. The fourth-order valence-electron chi connectivity index (χ4n) is 5.50. The highest BCUT2D eigenvalue weighted by molar-refractivity contribution is 6.00. The van der Waals surface area contributed by atoms with E-state index in [9.17, 15) is 4.39 Å². The number of hydrogen-bond acceptors (Lipinski definition) is 5. The number of H-pyrrole nitrogens is 2. The highest BCUT2D eigenvalue weighted by atomic mass is 19.1. The monoisotopic (exact) mass is 515 g/mol. The molecule has 3 N–H and O–H groups in total. The van der Waals surface area contributed by atoms with Crippen molar-refractivity contribution >= 4 is 27.6 Å². The average molecular weight is 516 g/mol. The van der Waals surface area contributed by atoms with Crippen LogP contribution in [-0.4, -0.2) is 30.1 Å². The smallest absolute Gasteiger partial charge is 0.135 e. The second kappa shape index (κ2) is 9.47. The van der Waals surface area contributed by atoms with E-state index in [-0.39, 0.29) is 5.82 Å². The van der Waals surface area contributed by atoms with Crippen LogP contribution in [0.25, 0.3) is 55.7 Å². The molecule has 39 heavy (non-hydrogen) atoms. The molecule has 0 amide bonds. The third-order valence-corrected chi connectivity index (χ3v) is 7.55. The van der Waals surface area contributed by atoms with Crippen LogP contribution >= 0.6 is 0 Å². The summed E-state index contributed by atoms with van der Waals surface area (Å²) >= 11 is 0. The average Bonchev–Trinajstić information content (AvgIpc) is 3.73. The van der Waals surface area contributed by atoms with Gasteiger partial charge in [0, 0.05) is 34.6 Å². The van der Waals surface area contributed by atoms with E-state index >= 15 is 0 Å². The molecule has 0 unspecified atom stereocenters. The molecular formula is C31H26FN7. The number of rotatable bonds is 6. The van der Waals surface area contributed by atoms with Crippen molar-refractivity contribution < 1.29 is 4.39 Å². The van der Waals surface area contributed by atoms with Gasteiger partial charge < -0.3 is 10.3 Å². The maximum atomic E-state index is 13.5. The van der Waals surface area contributed by atoms with Gasteiger partial charge in [-0.25, -0.2) is 9.37 Å². The molecule has 0 aliphatic heterocycles. The lowest BCUT2D eigenvalue weighted by atomic mass is 10.0. The summed E-state index contributed by atoms with van der Waals surface area (Å²) in [6, 6.07) is 14.5. The summed E-state index contributed by atoms with van der Waals surface area (Å²) in [5, 5.41) is 12.1. The molecule has 6 aromatic rings. The van der Waals surface area contributed by atoms with Crippen LogP contribution in [0.3, 0.4) is 0 Å². The summed E-state index contributed by atoms with van der Waals surface area (Å²) in [4.78, 5) is 17.3. The van der Waals surface area contributed by atoms with Gasteiger partial charge in [0.05, 0.1) is 40.5 Å². The topological polar surface area (TPSA) is 95.2 Å². The van der Waals surface area contributed by atoms with Crippen molar-refractivity contribution in [3.05, 3.63) is 91.4 Å². The van der Waals surface area contributed by atoms with E-state index in [1.54, 1.807) is 24.5 Å². The predicted molar refractivity (Wildman–Crippen MR) is 152 cm³/mol. The molecule has 7 nitrogen and oxygen atoms in total. The molecule has 5 aromatic heterocycles. The highest BCUT2D eigenvalue weighted by Crippen LogP contribution is 2.34. The Kier molecular flexibility index (Phi) is 5.65. The van der Waals surface area contributed by atoms with Crippen LogP contribution in [0.2, 0.25) is 0 Å². The third kappa shape index (κ3) is 4.33. The number of halogens is 1. The van der Waals surface area contributed by atoms with Crippen LogP contribution in [-0.2, 0) is 0 Å². The van der Waals surface area contributed by atoms with Crippen molar-refractivity contribution in [2.24, 2.45) is 5.92 Å². The minimum atomic E-state index is -0.270. The molecule has 7 rings (SSSR count). The van der Waals surface area contributed by atoms with E-state index in [0.29, 0.717) is 11.6 Å². The van der Waals surface area contributed by atoms with Gasteiger partial charge >= 0.3 is 0 Å². The van der Waals surface area contributed by atoms with Crippen molar-refractivity contribution in [3.63, 3.8) is 0 Å². The van der Waals surface area contributed by atoms with Gasteiger partial charge in [0.25, 0.3) is 0 Å². The summed E-state index contributed by atoms with van der Waals surface area (Å²) in [6.07, 6.45) is 12.1. The summed E-state index contributed by atoms with van der Waals surface area (Å²) in [7, 11) is 0. The van der Waals surface area contributed by atoms with Crippen LogP contribution in [0.5, 0.6) is 0 Å². The molecule has 1 fully saturated rings. The van der Waals surface area contributed by atoms with Crippen molar-refractivity contribution in [2.75, 3.05) is 5.32 Å². The number of hydrogen-bond donors (Lipinski definition) is 3.